The Morgan fingerprint density at radius 3 is 2.05 bits per heavy atom. The minimum atomic E-state index is -1.82. The van der Waals surface area contributed by atoms with Crippen molar-refractivity contribution in [3.63, 3.8) is 0 Å². The Bertz CT molecular complexity index is 1850. The normalized spacial score (nSPS) is 37.0. The topological polar surface area (TPSA) is 237 Å². The van der Waals surface area contributed by atoms with Crippen molar-refractivity contribution in [2.75, 3.05) is 7.11 Å². The molecule has 0 amide bonds. The van der Waals surface area contributed by atoms with E-state index in [2.05, 4.69) is 0 Å². The fourth-order valence-corrected chi connectivity index (χ4v) is 8.86. The second kappa shape index (κ2) is 15.6. The molecular formula is C40H50O16. The van der Waals surface area contributed by atoms with Gasteiger partial charge in [0.2, 0.25) is 5.78 Å². The lowest BCUT2D eigenvalue weighted by molar-refractivity contribution is -0.320. The van der Waals surface area contributed by atoms with E-state index in [0.29, 0.717) is 25.7 Å². The van der Waals surface area contributed by atoms with E-state index in [1.807, 2.05) is 6.92 Å². The Balaban J connectivity index is 1.10. The number of aromatic hydroxyl groups is 3. The number of benzene rings is 2. The molecule has 2 aliphatic carbocycles. The number of esters is 1. The summed E-state index contributed by atoms with van der Waals surface area (Å²) in [6.45, 7) is 7.01. The molecular weight excluding hydrogens is 736 g/mol. The smallest absolute Gasteiger partial charge is 0.316 e. The summed E-state index contributed by atoms with van der Waals surface area (Å²) < 4.78 is 42.0. The Hall–Kier alpha value is -3.71. The number of hydrogen-bond donors (Lipinski definition) is 6. The van der Waals surface area contributed by atoms with Gasteiger partial charge in [-0.25, -0.2) is 0 Å². The molecule has 0 unspecified atom stereocenters. The maximum absolute atomic E-state index is 13.9. The van der Waals surface area contributed by atoms with Crippen LogP contribution in [0.5, 0.6) is 17.2 Å². The fraction of sp³-hybridized carbons (Fsp3) is 0.625. The molecule has 3 aliphatic heterocycles. The Labute approximate surface area is 323 Å². The van der Waals surface area contributed by atoms with E-state index in [4.69, 9.17) is 33.2 Å². The Kier molecular flexibility index (Phi) is 11.3. The van der Waals surface area contributed by atoms with Crippen LogP contribution in [-0.2, 0) is 38.0 Å². The second-order valence-electron chi connectivity index (χ2n) is 15.5. The SMILES string of the molecule is CC[C@]1(O)C[C@@H](O[C@H]2C[C@@H](O)[C@@H](O[C@@H]3CC[C@H](O[C@@H]4CC[C@@H](O)[C@@H](C)O4)[C@@H](C)O3)[C@@H](C)O2)c2c(cc3c(c2O)C(=O)c2c(O)ccc(O)c2C3=O)[C@@H]1C(=O)OC. The largest absolute Gasteiger partial charge is 0.507 e. The first-order chi connectivity index (χ1) is 26.6. The van der Waals surface area contributed by atoms with Crippen LogP contribution in [0, 0.1) is 0 Å². The van der Waals surface area contributed by atoms with Crippen LogP contribution in [-0.4, -0.2) is 122 Å². The van der Waals surface area contributed by atoms with E-state index in [0.717, 1.165) is 19.2 Å². The predicted molar refractivity (Wildman–Crippen MR) is 191 cm³/mol. The van der Waals surface area contributed by atoms with Gasteiger partial charge in [0.05, 0.1) is 72.1 Å². The highest BCUT2D eigenvalue weighted by Gasteiger charge is 2.53. The van der Waals surface area contributed by atoms with Crippen molar-refractivity contribution in [1.29, 1.82) is 0 Å². The van der Waals surface area contributed by atoms with Crippen LogP contribution in [0.25, 0.3) is 0 Å². The minimum Gasteiger partial charge on any atom is -0.507 e. The van der Waals surface area contributed by atoms with Gasteiger partial charge >= 0.3 is 5.97 Å². The van der Waals surface area contributed by atoms with Gasteiger partial charge in [-0.05, 0) is 63.8 Å². The number of carbonyl (C=O) groups excluding carboxylic acids is 3. The van der Waals surface area contributed by atoms with Crippen molar-refractivity contribution < 1.29 is 78.2 Å². The number of hydrogen-bond acceptors (Lipinski definition) is 16. The van der Waals surface area contributed by atoms with Crippen LogP contribution in [0.2, 0.25) is 0 Å². The molecule has 5 aliphatic rings. The van der Waals surface area contributed by atoms with Crippen molar-refractivity contribution in [2.45, 2.75) is 152 Å². The van der Waals surface area contributed by atoms with Gasteiger partial charge < -0.3 is 63.8 Å². The number of phenolic OH excluding ortho intramolecular Hbond substituents is 3. The molecule has 0 bridgehead atoms. The first kappa shape index (κ1) is 40.5. The third kappa shape index (κ3) is 7.09. The Morgan fingerprint density at radius 1 is 0.804 bits per heavy atom. The maximum Gasteiger partial charge on any atom is 0.316 e. The molecule has 6 N–H and O–H groups in total. The van der Waals surface area contributed by atoms with Crippen LogP contribution in [0.1, 0.15) is 128 Å². The van der Waals surface area contributed by atoms with Gasteiger partial charge in [-0.1, -0.05) is 6.92 Å². The number of ether oxygens (including phenoxy) is 7. The number of carbonyl (C=O) groups is 3. The lowest BCUT2D eigenvalue weighted by atomic mass is 9.67. The van der Waals surface area contributed by atoms with Crippen molar-refractivity contribution in [2.24, 2.45) is 0 Å². The summed E-state index contributed by atoms with van der Waals surface area (Å²) in [7, 11) is 1.13. The number of aliphatic hydroxyl groups excluding tert-OH is 2. The molecule has 16 heteroatoms. The summed E-state index contributed by atoms with van der Waals surface area (Å²) in [5.74, 6) is -5.98. The predicted octanol–water partition coefficient (Wildman–Crippen LogP) is 3.12. The van der Waals surface area contributed by atoms with Crippen molar-refractivity contribution in [1.82, 2.24) is 0 Å². The fourth-order valence-electron chi connectivity index (χ4n) is 8.86. The number of phenols is 3. The number of methoxy groups -OCH3 is 1. The quantitative estimate of drug-likeness (QED) is 0.142. The zero-order chi connectivity index (χ0) is 40.4. The molecule has 0 aromatic heterocycles. The lowest BCUT2D eigenvalue weighted by Gasteiger charge is -2.46. The van der Waals surface area contributed by atoms with E-state index in [1.165, 1.54) is 6.07 Å². The molecule has 16 nitrogen and oxygen atoms in total. The number of fused-ring (bicyclic) bond motifs is 3. The molecule has 56 heavy (non-hydrogen) atoms. The number of aliphatic hydroxyl groups is 3. The molecule has 7 rings (SSSR count). The highest BCUT2D eigenvalue weighted by atomic mass is 16.7. The van der Waals surface area contributed by atoms with Crippen molar-refractivity contribution >= 4 is 17.5 Å². The monoisotopic (exact) mass is 786 g/mol. The molecule has 3 heterocycles. The number of ketones is 2. The molecule has 0 spiro atoms. The summed E-state index contributed by atoms with van der Waals surface area (Å²) in [6, 6.07) is 3.33. The van der Waals surface area contributed by atoms with Gasteiger partial charge in [-0.2, -0.15) is 0 Å². The van der Waals surface area contributed by atoms with Gasteiger partial charge in [0.1, 0.15) is 29.3 Å². The molecule has 2 aromatic rings. The molecule has 3 saturated heterocycles. The van der Waals surface area contributed by atoms with Gasteiger partial charge in [0, 0.05) is 36.8 Å². The van der Waals surface area contributed by atoms with Gasteiger partial charge in [-0.15, -0.1) is 0 Å². The standard InChI is InChI=1S/C40H50O16/c1-6-40(49)15-26(30-19(34(40)39(48)50-5)13-20-31(36(30)46)37(47)33-23(43)8-7-22(42)32(33)35(20)45)55-29-14-24(44)38(18(4)53-29)56-28-12-10-25(17(3)52-28)54-27-11-9-21(41)16(2)51-27/h7-8,13,16-18,21,24-29,34,38,41-44,46,49H,6,9-12,14-15H2,1-5H3/t16-,17-,18-,21-,24-,25+,26-,27-,28-,29+,34-,38+,40+/m1/s1. The van der Waals surface area contributed by atoms with Crippen molar-refractivity contribution in [3.05, 3.63) is 51.6 Å². The summed E-state index contributed by atoms with van der Waals surface area (Å²) in [5, 5.41) is 66.3. The summed E-state index contributed by atoms with van der Waals surface area (Å²) >= 11 is 0. The highest BCUT2D eigenvalue weighted by Crippen LogP contribution is 2.54. The van der Waals surface area contributed by atoms with Crippen LogP contribution in [0.4, 0.5) is 0 Å². The average molecular weight is 787 g/mol. The van der Waals surface area contributed by atoms with E-state index >= 15 is 0 Å². The molecule has 0 radical (unpaired) electrons. The van der Waals surface area contributed by atoms with Crippen molar-refractivity contribution in [3.8, 4) is 17.2 Å². The van der Waals surface area contributed by atoms with E-state index < -0.39 is 112 Å². The van der Waals surface area contributed by atoms with E-state index in [1.54, 1.807) is 20.8 Å². The van der Waals surface area contributed by atoms with Gasteiger partial charge in [0.25, 0.3) is 0 Å². The Morgan fingerprint density at radius 2 is 1.43 bits per heavy atom. The number of rotatable bonds is 8. The van der Waals surface area contributed by atoms with Crippen LogP contribution >= 0.6 is 0 Å². The first-order valence-corrected chi connectivity index (χ1v) is 19.2. The zero-order valence-electron chi connectivity index (χ0n) is 31.9. The maximum atomic E-state index is 13.9. The lowest BCUT2D eigenvalue weighted by Crippen LogP contribution is -2.53. The molecule has 3 fully saturated rings. The molecule has 0 saturated carbocycles. The minimum absolute atomic E-state index is 0.0103. The second-order valence-corrected chi connectivity index (χ2v) is 15.5. The van der Waals surface area contributed by atoms with Crippen LogP contribution in [0.3, 0.4) is 0 Å². The molecule has 2 aromatic carbocycles. The average Bonchev–Trinajstić information content (AvgIpc) is 3.15. The summed E-state index contributed by atoms with van der Waals surface area (Å²) in [6.07, 6.45) is -5.75. The summed E-state index contributed by atoms with van der Waals surface area (Å²) in [5.41, 5.74) is -3.70. The highest BCUT2D eigenvalue weighted by molar-refractivity contribution is 6.31. The third-order valence-corrected chi connectivity index (χ3v) is 12.0. The van der Waals surface area contributed by atoms with Gasteiger partial charge in [-0.3, -0.25) is 14.4 Å². The van der Waals surface area contributed by atoms with Crippen LogP contribution in [0.15, 0.2) is 18.2 Å². The first-order valence-electron chi connectivity index (χ1n) is 19.2. The van der Waals surface area contributed by atoms with Crippen LogP contribution < -0.4 is 0 Å². The summed E-state index contributed by atoms with van der Waals surface area (Å²) in [4.78, 5) is 41.0. The third-order valence-electron chi connectivity index (χ3n) is 12.0. The van der Waals surface area contributed by atoms with Gasteiger partial charge in [0.15, 0.2) is 24.7 Å². The van der Waals surface area contributed by atoms with E-state index in [-0.39, 0.29) is 54.3 Å². The van der Waals surface area contributed by atoms with E-state index in [9.17, 15) is 45.0 Å². The molecule has 306 valence electrons. The molecule has 13 atom stereocenters. The zero-order valence-corrected chi connectivity index (χ0v) is 31.9.